The van der Waals surface area contributed by atoms with E-state index in [1.165, 1.54) is 11.1 Å². The fourth-order valence-corrected chi connectivity index (χ4v) is 1.98. The summed E-state index contributed by atoms with van der Waals surface area (Å²) in [7, 11) is 2.00. The fourth-order valence-electron chi connectivity index (χ4n) is 1.98. The smallest absolute Gasteiger partial charge is 0.0332 e. The highest BCUT2D eigenvalue weighted by Gasteiger charge is 2.13. The van der Waals surface area contributed by atoms with Crippen LogP contribution in [0.1, 0.15) is 43.4 Å². The standard InChI is InChI=1S/C13H22N2/c1-10(2)11-6-4-5-7-12(11)13(15-3)8-9-14/h4-7,10,13,15H,8-9,14H2,1-3H3. The Balaban J connectivity index is 2.99. The lowest BCUT2D eigenvalue weighted by molar-refractivity contribution is 0.549. The number of hydrogen-bond acceptors (Lipinski definition) is 2. The van der Waals surface area contributed by atoms with Gasteiger partial charge in [-0.1, -0.05) is 38.1 Å². The summed E-state index contributed by atoms with van der Waals surface area (Å²) >= 11 is 0. The van der Waals surface area contributed by atoms with E-state index in [0.717, 1.165) is 13.0 Å². The fraction of sp³-hybridized carbons (Fsp3) is 0.538. The highest BCUT2D eigenvalue weighted by atomic mass is 14.9. The van der Waals surface area contributed by atoms with Crippen molar-refractivity contribution in [2.45, 2.75) is 32.2 Å². The highest BCUT2D eigenvalue weighted by Crippen LogP contribution is 2.26. The van der Waals surface area contributed by atoms with Crippen molar-refractivity contribution < 1.29 is 0 Å². The van der Waals surface area contributed by atoms with Gasteiger partial charge in [0.25, 0.3) is 0 Å². The van der Waals surface area contributed by atoms with Gasteiger partial charge in [-0.3, -0.25) is 0 Å². The molecule has 0 aliphatic rings. The Morgan fingerprint density at radius 1 is 1.20 bits per heavy atom. The van der Waals surface area contributed by atoms with Crippen LogP contribution in [-0.4, -0.2) is 13.6 Å². The highest BCUT2D eigenvalue weighted by molar-refractivity contribution is 5.32. The minimum atomic E-state index is 0.383. The first-order valence-electron chi connectivity index (χ1n) is 5.66. The van der Waals surface area contributed by atoms with Crippen LogP contribution in [0.25, 0.3) is 0 Å². The first-order chi connectivity index (χ1) is 7.20. The van der Waals surface area contributed by atoms with Crippen molar-refractivity contribution in [3.05, 3.63) is 35.4 Å². The van der Waals surface area contributed by atoms with Crippen LogP contribution in [-0.2, 0) is 0 Å². The van der Waals surface area contributed by atoms with Crippen LogP contribution in [0.4, 0.5) is 0 Å². The number of hydrogen-bond donors (Lipinski definition) is 2. The van der Waals surface area contributed by atoms with Gasteiger partial charge in [-0.15, -0.1) is 0 Å². The van der Waals surface area contributed by atoms with Crippen LogP contribution >= 0.6 is 0 Å². The molecule has 0 aromatic heterocycles. The minimum absolute atomic E-state index is 0.383. The quantitative estimate of drug-likeness (QED) is 0.776. The SMILES string of the molecule is CNC(CCN)c1ccccc1C(C)C. The molecule has 1 unspecified atom stereocenters. The maximum Gasteiger partial charge on any atom is 0.0332 e. The second-order valence-electron chi connectivity index (χ2n) is 4.20. The zero-order valence-corrected chi connectivity index (χ0v) is 9.96. The summed E-state index contributed by atoms with van der Waals surface area (Å²) in [6, 6.07) is 9.00. The van der Waals surface area contributed by atoms with Crippen LogP contribution in [0.3, 0.4) is 0 Å². The molecule has 2 heteroatoms. The molecule has 0 heterocycles. The van der Waals surface area contributed by atoms with Crippen molar-refractivity contribution in [3.63, 3.8) is 0 Å². The summed E-state index contributed by atoms with van der Waals surface area (Å²) in [5.41, 5.74) is 8.44. The van der Waals surface area contributed by atoms with Crippen LogP contribution in [0.2, 0.25) is 0 Å². The molecule has 1 aromatic carbocycles. The molecule has 1 atom stereocenters. The molecule has 0 aliphatic carbocycles. The van der Waals surface area contributed by atoms with Gasteiger partial charge < -0.3 is 11.1 Å². The van der Waals surface area contributed by atoms with Crippen molar-refractivity contribution in [3.8, 4) is 0 Å². The third-order valence-corrected chi connectivity index (χ3v) is 2.80. The van der Waals surface area contributed by atoms with Gasteiger partial charge in [0.2, 0.25) is 0 Å². The van der Waals surface area contributed by atoms with Crippen molar-refractivity contribution in [2.75, 3.05) is 13.6 Å². The van der Waals surface area contributed by atoms with E-state index >= 15 is 0 Å². The van der Waals surface area contributed by atoms with Crippen molar-refractivity contribution in [1.82, 2.24) is 5.32 Å². The van der Waals surface area contributed by atoms with Gasteiger partial charge in [-0.2, -0.15) is 0 Å². The van der Waals surface area contributed by atoms with E-state index in [1.807, 2.05) is 7.05 Å². The normalized spacial score (nSPS) is 13.1. The summed E-state index contributed by atoms with van der Waals surface area (Å²) in [6.45, 7) is 5.18. The van der Waals surface area contributed by atoms with E-state index in [9.17, 15) is 0 Å². The van der Waals surface area contributed by atoms with E-state index in [-0.39, 0.29) is 0 Å². The molecule has 15 heavy (non-hydrogen) atoms. The van der Waals surface area contributed by atoms with Gasteiger partial charge in [-0.05, 0) is 37.1 Å². The predicted molar refractivity (Wildman–Crippen MR) is 66.0 cm³/mol. The maximum absolute atomic E-state index is 5.63. The van der Waals surface area contributed by atoms with Crippen LogP contribution < -0.4 is 11.1 Å². The molecule has 0 spiro atoms. The average Bonchev–Trinajstić information content (AvgIpc) is 2.26. The summed E-state index contributed by atoms with van der Waals surface area (Å²) in [6.07, 6.45) is 0.986. The molecule has 84 valence electrons. The first-order valence-corrected chi connectivity index (χ1v) is 5.66. The maximum atomic E-state index is 5.63. The van der Waals surface area contributed by atoms with Crippen molar-refractivity contribution in [2.24, 2.45) is 5.73 Å². The largest absolute Gasteiger partial charge is 0.330 e. The second-order valence-corrected chi connectivity index (χ2v) is 4.20. The first kappa shape index (κ1) is 12.2. The lowest BCUT2D eigenvalue weighted by Crippen LogP contribution is -2.21. The average molecular weight is 206 g/mol. The Bertz CT molecular complexity index is 294. The van der Waals surface area contributed by atoms with Crippen molar-refractivity contribution >= 4 is 0 Å². The number of nitrogens with one attached hydrogen (secondary N) is 1. The summed E-state index contributed by atoms with van der Waals surface area (Å²) in [4.78, 5) is 0. The van der Waals surface area contributed by atoms with Gasteiger partial charge >= 0.3 is 0 Å². The second kappa shape index (κ2) is 5.89. The third kappa shape index (κ3) is 3.05. The lowest BCUT2D eigenvalue weighted by atomic mass is 9.91. The predicted octanol–water partition coefficient (Wildman–Crippen LogP) is 2.42. The molecule has 0 radical (unpaired) electrons. The molecule has 0 saturated heterocycles. The molecule has 0 bridgehead atoms. The van der Waals surface area contributed by atoms with Crippen molar-refractivity contribution in [1.29, 1.82) is 0 Å². The molecular formula is C13H22N2. The number of nitrogens with two attached hydrogens (primary N) is 1. The Kier molecular flexibility index (Phi) is 4.79. The molecule has 0 fully saturated rings. The molecule has 1 aromatic rings. The summed E-state index contributed by atoms with van der Waals surface area (Å²) in [5, 5.41) is 3.33. The summed E-state index contributed by atoms with van der Waals surface area (Å²) in [5.74, 6) is 0.565. The molecular weight excluding hydrogens is 184 g/mol. The van der Waals surface area contributed by atoms with Crippen LogP contribution in [0.15, 0.2) is 24.3 Å². The molecule has 3 N–H and O–H groups in total. The molecule has 2 nitrogen and oxygen atoms in total. The monoisotopic (exact) mass is 206 g/mol. The molecule has 0 aliphatic heterocycles. The third-order valence-electron chi connectivity index (χ3n) is 2.80. The zero-order chi connectivity index (χ0) is 11.3. The molecule has 0 amide bonds. The minimum Gasteiger partial charge on any atom is -0.330 e. The van der Waals surface area contributed by atoms with Gasteiger partial charge in [0.15, 0.2) is 0 Å². The number of benzene rings is 1. The molecule has 1 rings (SSSR count). The van der Waals surface area contributed by atoms with E-state index in [4.69, 9.17) is 5.73 Å². The van der Waals surface area contributed by atoms with Crippen LogP contribution in [0.5, 0.6) is 0 Å². The van der Waals surface area contributed by atoms with E-state index in [2.05, 4.69) is 43.4 Å². The summed E-state index contributed by atoms with van der Waals surface area (Å²) < 4.78 is 0. The van der Waals surface area contributed by atoms with E-state index < -0.39 is 0 Å². The zero-order valence-electron chi connectivity index (χ0n) is 9.96. The van der Waals surface area contributed by atoms with Gasteiger partial charge in [0.05, 0.1) is 0 Å². The van der Waals surface area contributed by atoms with E-state index in [1.54, 1.807) is 0 Å². The molecule has 0 saturated carbocycles. The lowest BCUT2D eigenvalue weighted by Gasteiger charge is -2.21. The Morgan fingerprint density at radius 3 is 2.27 bits per heavy atom. The Labute approximate surface area is 92.9 Å². The van der Waals surface area contributed by atoms with Gasteiger partial charge in [0.1, 0.15) is 0 Å². The van der Waals surface area contributed by atoms with Crippen LogP contribution in [0, 0.1) is 0 Å². The van der Waals surface area contributed by atoms with Gasteiger partial charge in [0, 0.05) is 6.04 Å². The number of rotatable bonds is 5. The Morgan fingerprint density at radius 2 is 1.80 bits per heavy atom. The van der Waals surface area contributed by atoms with E-state index in [0.29, 0.717) is 12.0 Å². The Hall–Kier alpha value is -0.860. The topological polar surface area (TPSA) is 38.0 Å². The van der Waals surface area contributed by atoms with Gasteiger partial charge in [-0.25, -0.2) is 0 Å².